The number of nitrogens with zero attached hydrogens (tertiary/aromatic N) is 2. The van der Waals surface area contributed by atoms with Crippen molar-refractivity contribution in [3.8, 4) is 0 Å². The minimum atomic E-state index is -1.21. The van der Waals surface area contributed by atoms with E-state index in [4.69, 9.17) is 28.3 Å². The van der Waals surface area contributed by atoms with E-state index in [2.05, 4.69) is 0 Å². The average Bonchev–Trinajstić information content (AvgIpc) is 2.38. The Labute approximate surface area is 123 Å². The summed E-state index contributed by atoms with van der Waals surface area (Å²) < 4.78 is 0. The zero-order chi connectivity index (χ0) is 15.6. The van der Waals surface area contributed by atoms with Gasteiger partial charge in [-0.05, 0) is 6.92 Å². The second kappa shape index (κ2) is 6.06. The fraction of sp³-hybridized carbons (Fsp3) is 0.273. The molecule has 1 aromatic rings. The number of nitro groups is 1. The summed E-state index contributed by atoms with van der Waals surface area (Å²) in [5.41, 5.74) is -0.624. The van der Waals surface area contributed by atoms with Gasteiger partial charge in [-0.1, -0.05) is 23.2 Å². The van der Waals surface area contributed by atoms with E-state index < -0.39 is 28.5 Å². The first-order valence-corrected chi connectivity index (χ1v) is 6.05. The molecule has 0 spiro atoms. The van der Waals surface area contributed by atoms with Crippen LogP contribution in [0, 0.1) is 10.1 Å². The predicted octanol–water partition coefficient (Wildman–Crippen LogP) is 2.45. The zero-order valence-corrected chi connectivity index (χ0v) is 12.0. The van der Waals surface area contributed by atoms with E-state index in [1.165, 1.54) is 14.0 Å². The van der Waals surface area contributed by atoms with E-state index in [-0.39, 0.29) is 15.6 Å². The van der Waals surface area contributed by atoms with Gasteiger partial charge in [0.2, 0.25) is 0 Å². The fourth-order valence-electron chi connectivity index (χ4n) is 1.37. The van der Waals surface area contributed by atoms with Gasteiger partial charge in [-0.3, -0.25) is 14.9 Å². The van der Waals surface area contributed by atoms with Crippen LogP contribution >= 0.6 is 23.2 Å². The molecule has 1 rings (SSSR count). The van der Waals surface area contributed by atoms with Crippen LogP contribution in [0.4, 0.5) is 5.69 Å². The number of benzene rings is 1. The van der Waals surface area contributed by atoms with Crippen molar-refractivity contribution in [2.24, 2.45) is 0 Å². The summed E-state index contributed by atoms with van der Waals surface area (Å²) in [4.78, 5) is 33.9. The first-order valence-electron chi connectivity index (χ1n) is 5.30. The molecule has 1 aromatic carbocycles. The lowest BCUT2D eigenvalue weighted by atomic mass is 10.1. The third-order valence-corrected chi connectivity index (χ3v) is 3.51. The topological polar surface area (TPSA) is 101 Å². The maximum absolute atomic E-state index is 12.1. The molecule has 7 nitrogen and oxygen atoms in total. The highest BCUT2D eigenvalue weighted by atomic mass is 35.5. The van der Waals surface area contributed by atoms with Gasteiger partial charge in [-0.25, -0.2) is 4.79 Å². The Morgan fingerprint density at radius 3 is 2.40 bits per heavy atom. The molecule has 1 N–H and O–H groups in total. The monoisotopic (exact) mass is 320 g/mol. The molecule has 0 saturated heterocycles. The van der Waals surface area contributed by atoms with E-state index in [1.54, 1.807) is 0 Å². The summed E-state index contributed by atoms with van der Waals surface area (Å²) in [6.07, 6.45) is 0. The number of rotatable bonds is 4. The molecule has 0 aliphatic carbocycles. The number of carboxylic acids is 1. The van der Waals surface area contributed by atoms with Crippen molar-refractivity contribution in [1.82, 2.24) is 4.90 Å². The van der Waals surface area contributed by atoms with E-state index in [9.17, 15) is 19.7 Å². The number of amides is 1. The molecule has 1 atom stereocenters. The Bertz CT molecular complexity index is 590. The largest absolute Gasteiger partial charge is 0.480 e. The summed E-state index contributed by atoms with van der Waals surface area (Å²) in [6.45, 7) is 1.30. The highest BCUT2D eigenvalue weighted by Crippen LogP contribution is 2.31. The molecule has 0 aliphatic rings. The number of non-ortho nitro benzene ring substituents is 1. The van der Waals surface area contributed by atoms with Crippen molar-refractivity contribution < 1.29 is 19.6 Å². The normalized spacial score (nSPS) is 11.8. The molecule has 20 heavy (non-hydrogen) atoms. The standard InChI is InChI=1S/C11H10Cl2N2O5/c1-5(11(17)18)14(2)10(16)7-3-6(15(19)20)4-8(12)9(7)13/h3-5H,1-2H3,(H,17,18). The summed E-state index contributed by atoms with van der Waals surface area (Å²) in [5.74, 6) is -1.98. The van der Waals surface area contributed by atoms with Gasteiger partial charge in [0.25, 0.3) is 11.6 Å². The van der Waals surface area contributed by atoms with Crippen LogP contribution in [0.1, 0.15) is 17.3 Å². The van der Waals surface area contributed by atoms with Gasteiger partial charge in [0.15, 0.2) is 0 Å². The van der Waals surface area contributed by atoms with Gasteiger partial charge in [0.05, 0.1) is 20.5 Å². The van der Waals surface area contributed by atoms with Crippen molar-refractivity contribution in [3.63, 3.8) is 0 Å². The molecule has 108 valence electrons. The number of carbonyl (C=O) groups excluding carboxylic acids is 1. The molecular formula is C11H10Cl2N2O5. The molecule has 1 unspecified atom stereocenters. The molecule has 9 heteroatoms. The number of aliphatic carboxylic acids is 1. The first kappa shape index (κ1) is 16.2. The van der Waals surface area contributed by atoms with Gasteiger partial charge < -0.3 is 10.0 Å². The number of halogens is 2. The second-order valence-electron chi connectivity index (χ2n) is 3.98. The summed E-state index contributed by atoms with van der Waals surface area (Å²) in [6, 6.07) is 0.861. The van der Waals surface area contributed by atoms with Crippen LogP contribution in [0.3, 0.4) is 0 Å². The Kier molecular flexibility index (Phi) is 4.91. The van der Waals surface area contributed by atoms with Crippen LogP contribution in [-0.4, -0.2) is 39.9 Å². The van der Waals surface area contributed by atoms with Gasteiger partial charge in [-0.2, -0.15) is 0 Å². The smallest absolute Gasteiger partial charge is 0.326 e. The highest BCUT2D eigenvalue weighted by Gasteiger charge is 2.27. The van der Waals surface area contributed by atoms with Crippen LogP contribution in [0.25, 0.3) is 0 Å². The maximum Gasteiger partial charge on any atom is 0.326 e. The lowest BCUT2D eigenvalue weighted by Crippen LogP contribution is -2.40. The number of nitro benzene ring substituents is 1. The number of hydrogen-bond donors (Lipinski definition) is 1. The van der Waals surface area contributed by atoms with Crippen LogP contribution in [0.5, 0.6) is 0 Å². The Balaban J connectivity index is 3.28. The average molecular weight is 321 g/mol. The Morgan fingerprint density at radius 2 is 1.95 bits per heavy atom. The van der Waals surface area contributed by atoms with Crippen LogP contribution in [0.15, 0.2) is 12.1 Å². The lowest BCUT2D eigenvalue weighted by Gasteiger charge is -2.22. The number of hydrogen-bond acceptors (Lipinski definition) is 4. The van der Waals surface area contributed by atoms with E-state index >= 15 is 0 Å². The van der Waals surface area contributed by atoms with Crippen LogP contribution in [0.2, 0.25) is 10.0 Å². The van der Waals surface area contributed by atoms with Gasteiger partial charge in [0, 0.05) is 19.2 Å². The molecule has 0 radical (unpaired) electrons. The fourth-order valence-corrected chi connectivity index (χ4v) is 1.77. The highest BCUT2D eigenvalue weighted by molar-refractivity contribution is 6.44. The molecule has 0 aliphatic heterocycles. The number of carbonyl (C=O) groups is 2. The Morgan fingerprint density at radius 1 is 1.40 bits per heavy atom. The van der Waals surface area contributed by atoms with Gasteiger partial charge >= 0.3 is 5.97 Å². The molecule has 0 bridgehead atoms. The quantitative estimate of drug-likeness (QED) is 0.678. The van der Waals surface area contributed by atoms with E-state index in [0.717, 1.165) is 17.0 Å². The van der Waals surface area contributed by atoms with Gasteiger partial charge in [-0.15, -0.1) is 0 Å². The number of carboxylic acid groups (broad SMARTS) is 1. The minimum absolute atomic E-state index is 0.152. The predicted molar refractivity (Wildman–Crippen MR) is 72.3 cm³/mol. The molecular weight excluding hydrogens is 311 g/mol. The van der Waals surface area contributed by atoms with E-state index in [1.807, 2.05) is 0 Å². The van der Waals surface area contributed by atoms with Crippen molar-refractivity contribution in [2.45, 2.75) is 13.0 Å². The van der Waals surface area contributed by atoms with Crippen molar-refractivity contribution in [3.05, 3.63) is 37.9 Å². The Hall–Kier alpha value is -1.86. The summed E-state index contributed by atoms with van der Waals surface area (Å²) >= 11 is 11.6. The molecule has 0 saturated carbocycles. The lowest BCUT2D eigenvalue weighted by molar-refractivity contribution is -0.384. The molecule has 0 aromatic heterocycles. The molecule has 0 fully saturated rings. The van der Waals surface area contributed by atoms with Crippen LogP contribution in [-0.2, 0) is 4.79 Å². The third kappa shape index (κ3) is 3.17. The second-order valence-corrected chi connectivity index (χ2v) is 4.76. The van der Waals surface area contributed by atoms with Crippen LogP contribution < -0.4 is 0 Å². The van der Waals surface area contributed by atoms with Crippen molar-refractivity contribution >= 4 is 40.8 Å². The maximum atomic E-state index is 12.1. The SMILES string of the molecule is CC(C(=O)O)N(C)C(=O)c1cc([N+](=O)[O-])cc(Cl)c1Cl. The van der Waals surface area contributed by atoms with Crippen molar-refractivity contribution in [1.29, 1.82) is 0 Å². The van der Waals surface area contributed by atoms with E-state index in [0.29, 0.717) is 0 Å². The number of likely N-dealkylation sites (N-methyl/N-ethyl adjacent to an activating group) is 1. The van der Waals surface area contributed by atoms with Gasteiger partial charge in [0.1, 0.15) is 6.04 Å². The van der Waals surface area contributed by atoms with Crippen molar-refractivity contribution in [2.75, 3.05) is 7.05 Å². The minimum Gasteiger partial charge on any atom is -0.480 e. The summed E-state index contributed by atoms with van der Waals surface area (Å²) in [7, 11) is 1.25. The third-order valence-electron chi connectivity index (χ3n) is 2.71. The first-order chi connectivity index (χ1) is 9.16. The zero-order valence-electron chi connectivity index (χ0n) is 10.5. The summed E-state index contributed by atoms with van der Waals surface area (Å²) in [5, 5.41) is 19.3. The molecule has 0 heterocycles. The molecule has 1 amide bonds.